The lowest BCUT2D eigenvalue weighted by Crippen LogP contribution is -2.27. The maximum atomic E-state index is 12.6. The number of hydrogen-bond acceptors (Lipinski definition) is 5. The van der Waals surface area contributed by atoms with E-state index in [1.807, 2.05) is 25.1 Å². The summed E-state index contributed by atoms with van der Waals surface area (Å²) >= 11 is 0. The molecular formula is C18H19NO5. The van der Waals surface area contributed by atoms with Crippen LogP contribution < -0.4 is 24.3 Å². The maximum Gasteiger partial charge on any atom is 0.255 e. The third kappa shape index (κ3) is 2.95. The number of para-hydroxylation sites is 1. The fourth-order valence-electron chi connectivity index (χ4n) is 2.61. The van der Waals surface area contributed by atoms with E-state index in [2.05, 4.69) is 5.32 Å². The zero-order chi connectivity index (χ0) is 17.1. The first-order chi connectivity index (χ1) is 11.6. The molecule has 3 rings (SSSR count). The molecule has 1 aliphatic heterocycles. The average Bonchev–Trinajstić information content (AvgIpc) is 3.08. The summed E-state index contributed by atoms with van der Waals surface area (Å²) in [5.41, 5.74) is 1.35. The van der Waals surface area contributed by atoms with Crippen molar-refractivity contribution in [2.45, 2.75) is 13.0 Å². The molecule has 1 amide bonds. The van der Waals surface area contributed by atoms with E-state index in [1.165, 1.54) is 14.2 Å². The number of hydrogen-bond donors (Lipinski definition) is 1. The first-order valence-corrected chi connectivity index (χ1v) is 7.55. The van der Waals surface area contributed by atoms with Gasteiger partial charge in [0.1, 0.15) is 0 Å². The maximum absolute atomic E-state index is 12.6. The van der Waals surface area contributed by atoms with E-state index in [0.29, 0.717) is 28.6 Å². The Hall–Kier alpha value is -2.89. The van der Waals surface area contributed by atoms with Gasteiger partial charge in [-0.15, -0.1) is 0 Å². The Morgan fingerprint density at radius 1 is 1.12 bits per heavy atom. The van der Waals surface area contributed by atoms with Gasteiger partial charge in [-0.25, -0.2) is 0 Å². The Labute approximate surface area is 140 Å². The van der Waals surface area contributed by atoms with Gasteiger partial charge in [0.25, 0.3) is 5.91 Å². The van der Waals surface area contributed by atoms with Crippen LogP contribution in [0.25, 0.3) is 0 Å². The predicted octanol–water partition coefficient (Wildman–Crippen LogP) is 2.92. The first kappa shape index (κ1) is 16.0. The molecule has 6 nitrogen and oxygen atoms in total. The molecule has 24 heavy (non-hydrogen) atoms. The van der Waals surface area contributed by atoms with Gasteiger partial charge in [-0.05, 0) is 36.8 Å². The first-order valence-electron chi connectivity index (χ1n) is 7.55. The lowest BCUT2D eigenvalue weighted by Gasteiger charge is -2.17. The molecule has 1 unspecified atom stereocenters. The van der Waals surface area contributed by atoms with Crippen LogP contribution in [0.15, 0.2) is 36.4 Å². The van der Waals surface area contributed by atoms with Crippen molar-refractivity contribution >= 4 is 5.91 Å². The molecule has 0 saturated heterocycles. The number of nitrogens with one attached hydrogen (secondary N) is 1. The molecule has 0 spiro atoms. The third-order valence-electron chi connectivity index (χ3n) is 3.89. The zero-order valence-electron chi connectivity index (χ0n) is 13.8. The third-order valence-corrected chi connectivity index (χ3v) is 3.89. The summed E-state index contributed by atoms with van der Waals surface area (Å²) in [5, 5.41) is 2.96. The number of carbonyl (C=O) groups excluding carboxylic acids is 1. The van der Waals surface area contributed by atoms with Crippen LogP contribution in [0.5, 0.6) is 23.0 Å². The fourth-order valence-corrected chi connectivity index (χ4v) is 2.61. The SMILES string of the molecule is COc1cccc(C(=O)NC(C)c2ccc3c(c2)OCO3)c1OC. The summed E-state index contributed by atoms with van der Waals surface area (Å²) in [6.07, 6.45) is 0. The highest BCUT2D eigenvalue weighted by Gasteiger charge is 2.20. The quantitative estimate of drug-likeness (QED) is 0.913. The minimum absolute atomic E-state index is 0.206. The molecule has 0 bridgehead atoms. The Kier molecular flexibility index (Phi) is 4.46. The summed E-state index contributed by atoms with van der Waals surface area (Å²) in [7, 11) is 3.05. The summed E-state index contributed by atoms with van der Waals surface area (Å²) < 4.78 is 21.2. The minimum Gasteiger partial charge on any atom is -0.493 e. The van der Waals surface area contributed by atoms with Gasteiger partial charge >= 0.3 is 0 Å². The van der Waals surface area contributed by atoms with Crippen molar-refractivity contribution in [3.05, 3.63) is 47.5 Å². The predicted molar refractivity (Wildman–Crippen MR) is 88.0 cm³/mol. The van der Waals surface area contributed by atoms with E-state index in [-0.39, 0.29) is 18.7 Å². The van der Waals surface area contributed by atoms with Gasteiger partial charge in [0, 0.05) is 0 Å². The van der Waals surface area contributed by atoms with Crippen molar-refractivity contribution < 1.29 is 23.7 Å². The van der Waals surface area contributed by atoms with Crippen LogP contribution in [0, 0.1) is 0 Å². The molecule has 2 aromatic rings. The Morgan fingerprint density at radius 3 is 2.67 bits per heavy atom. The van der Waals surface area contributed by atoms with Crippen LogP contribution in [-0.4, -0.2) is 26.9 Å². The zero-order valence-corrected chi connectivity index (χ0v) is 13.8. The van der Waals surface area contributed by atoms with Crippen LogP contribution in [0.1, 0.15) is 28.9 Å². The van der Waals surface area contributed by atoms with Gasteiger partial charge in [0.2, 0.25) is 6.79 Å². The molecule has 1 heterocycles. The molecule has 2 aromatic carbocycles. The normalized spacial score (nSPS) is 13.3. The van der Waals surface area contributed by atoms with Crippen LogP contribution in [0.4, 0.5) is 0 Å². The topological polar surface area (TPSA) is 66.0 Å². The molecule has 1 atom stereocenters. The van der Waals surface area contributed by atoms with Crippen LogP contribution >= 0.6 is 0 Å². The number of ether oxygens (including phenoxy) is 4. The van der Waals surface area contributed by atoms with Crippen LogP contribution in [0.2, 0.25) is 0 Å². The molecular weight excluding hydrogens is 310 g/mol. The number of benzene rings is 2. The van der Waals surface area contributed by atoms with Crippen molar-refractivity contribution in [1.82, 2.24) is 5.32 Å². The highest BCUT2D eigenvalue weighted by molar-refractivity contribution is 5.98. The molecule has 0 aromatic heterocycles. The number of carbonyl (C=O) groups is 1. The highest BCUT2D eigenvalue weighted by Crippen LogP contribution is 2.35. The molecule has 1 aliphatic rings. The largest absolute Gasteiger partial charge is 0.493 e. The second-order valence-electron chi connectivity index (χ2n) is 5.35. The fraction of sp³-hybridized carbons (Fsp3) is 0.278. The van der Waals surface area contributed by atoms with Gasteiger partial charge in [-0.1, -0.05) is 12.1 Å². The van der Waals surface area contributed by atoms with Crippen molar-refractivity contribution in [3.63, 3.8) is 0 Å². The van der Waals surface area contributed by atoms with Gasteiger partial charge in [-0.3, -0.25) is 4.79 Å². The number of rotatable bonds is 5. The average molecular weight is 329 g/mol. The number of methoxy groups -OCH3 is 2. The van der Waals surface area contributed by atoms with Crippen molar-refractivity contribution in [2.75, 3.05) is 21.0 Å². The molecule has 6 heteroatoms. The Bertz CT molecular complexity index is 759. The summed E-state index contributed by atoms with van der Waals surface area (Å²) in [6.45, 7) is 2.13. The van der Waals surface area contributed by atoms with E-state index in [9.17, 15) is 4.79 Å². The lowest BCUT2D eigenvalue weighted by atomic mass is 10.1. The summed E-state index contributed by atoms with van der Waals surface area (Å²) in [6, 6.07) is 10.6. The molecule has 1 N–H and O–H groups in total. The minimum atomic E-state index is -0.240. The van der Waals surface area contributed by atoms with Gasteiger partial charge in [-0.2, -0.15) is 0 Å². The Morgan fingerprint density at radius 2 is 1.92 bits per heavy atom. The van der Waals surface area contributed by atoms with E-state index in [1.54, 1.807) is 18.2 Å². The second-order valence-corrected chi connectivity index (χ2v) is 5.35. The molecule has 0 fully saturated rings. The number of amides is 1. The van der Waals surface area contributed by atoms with Crippen molar-refractivity contribution in [2.24, 2.45) is 0 Å². The monoisotopic (exact) mass is 329 g/mol. The highest BCUT2D eigenvalue weighted by atomic mass is 16.7. The standard InChI is InChI=1S/C18H19NO5/c1-11(12-7-8-14-16(9-12)24-10-23-14)19-18(20)13-5-4-6-15(21-2)17(13)22-3/h4-9,11H,10H2,1-3H3,(H,19,20). The number of fused-ring (bicyclic) bond motifs is 1. The van der Waals surface area contributed by atoms with Crippen LogP contribution in [-0.2, 0) is 0 Å². The summed E-state index contributed by atoms with van der Waals surface area (Å²) in [5.74, 6) is 2.09. The van der Waals surface area contributed by atoms with E-state index in [0.717, 1.165) is 5.56 Å². The summed E-state index contributed by atoms with van der Waals surface area (Å²) in [4.78, 5) is 12.6. The molecule has 0 radical (unpaired) electrons. The Balaban J connectivity index is 1.79. The molecule has 0 saturated carbocycles. The molecule has 126 valence electrons. The lowest BCUT2D eigenvalue weighted by molar-refractivity contribution is 0.0936. The van der Waals surface area contributed by atoms with Crippen LogP contribution in [0.3, 0.4) is 0 Å². The molecule has 0 aliphatic carbocycles. The van der Waals surface area contributed by atoms with E-state index in [4.69, 9.17) is 18.9 Å². The van der Waals surface area contributed by atoms with E-state index >= 15 is 0 Å². The van der Waals surface area contributed by atoms with Gasteiger partial charge in [0.15, 0.2) is 23.0 Å². The smallest absolute Gasteiger partial charge is 0.255 e. The second kappa shape index (κ2) is 6.70. The van der Waals surface area contributed by atoms with Crippen molar-refractivity contribution in [1.29, 1.82) is 0 Å². The van der Waals surface area contributed by atoms with Gasteiger partial charge < -0.3 is 24.3 Å². The van der Waals surface area contributed by atoms with Gasteiger partial charge in [0.05, 0.1) is 25.8 Å². The van der Waals surface area contributed by atoms with E-state index < -0.39 is 0 Å². The van der Waals surface area contributed by atoms with Crippen molar-refractivity contribution in [3.8, 4) is 23.0 Å².